The van der Waals surface area contributed by atoms with E-state index in [-0.39, 0.29) is 11.0 Å². The molecule has 1 aliphatic rings. The molecule has 0 spiro atoms. The molecule has 0 bridgehead atoms. The van der Waals surface area contributed by atoms with Gasteiger partial charge in [0.1, 0.15) is 12.3 Å². The maximum absolute atomic E-state index is 9.98. The Bertz CT molecular complexity index is 742. The summed E-state index contributed by atoms with van der Waals surface area (Å²) in [6, 6.07) is 16.7. The zero-order valence-corrected chi connectivity index (χ0v) is 17.0. The molecule has 0 unspecified atom stereocenters. The number of benzene rings is 2. The first-order valence-electron chi connectivity index (χ1n) is 10.3. The molecule has 0 aliphatic carbocycles. The van der Waals surface area contributed by atoms with Crippen LogP contribution in [0.3, 0.4) is 0 Å². The summed E-state index contributed by atoms with van der Waals surface area (Å²) in [5.74, 6) is 0.395. The van der Waals surface area contributed by atoms with Gasteiger partial charge in [-0.3, -0.25) is 0 Å². The molecule has 0 radical (unpaired) electrons. The van der Waals surface area contributed by atoms with Gasteiger partial charge >= 0.3 is 0 Å². The van der Waals surface area contributed by atoms with Crippen LogP contribution in [-0.2, 0) is 16.7 Å². The number of para-hydroxylation sites is 1. The van der Waals surface area contributed by atoms with Gasteiger partial charge in [-0.1, -0.05) is 48.9 Å². The van der Waals surface area contributed by atoms with Crippen LogP contribution in [0, 0.1) is 6.92 Å². The minimum absolute atomic E-state index is 0.0408. The number of phenols is 1. The van der Waals surface area contributed by atoms with Crippen LogP contribution in [0.15, 0.2) is 48.5 Å². The summed E-state index contributed by atoms with van der Waals surface area (Å²) in [5.41, 5.74) is 3.90. The highest BCUT2D eigenvalue weighted by Crippen LogP contribution is 2.45. The van der Waals surface area contributed by atoms with E-state index >= 15 is 0 Å². The summed E-state index contributed by atoms with van der Waals surface area (Å²) in [6.45, 7) is 9.34. The van der Waals surface area contributed by atoms with E-state index in [0.29, 0.717) is 5.75 Å². The molecular weight excluding hydrogens is 334 g/mol. The Morgan fingerprint density at radius 1 is 1.11 bits per heavy atom. The molecule has 2 atom stereocenters. The van der Waals surface area contributed by atoms with Crippen molar-refractivity contribution in [1.82, 2.24) is 0 Å². The number of aromatic hydroxyl groups is 1. The number of aryl methyl sites for hydroxylation is 1. The van der Waals surface area contributed by atoms with Gasteiger partial charge in [-0.2, -0.15) is 0 Å². The third-order valence-electron chi connectivity index (χ3n) is 6.34. The van der Waals surface area contributed by atoms with Crippen molar-refractivity contribution in [2.45, 2.75) is 64.0 Å². The Morgan fingerprint density at radius 2 is 1.85 bits per heavy atom. The Morgan fingerprint density at radius 3 is 2.56 bits per heavy atom. The first-order valence-corrected chi connectivity index (χ1v) is 10.3. The fraction of sp³-hybridized carbons (Fsp3) is 0.500. The summed E-state index contributed by atoms with van der Waals surface area (Å²) in [6.07, 6.45) is 4.32. The molecule has 146 valence electrons. The zero-order chi connectivity index (χ0) is 19.3. The predicted molar refractivity (Wildman–Crippen MR) is 110 cm³/mol. The second-order valence-corrected chi connectivity index (χ2v) is 8.39. The van der Waals surface area contributed by atoms with Gasteiger partial charge in [0.05, 0.1) is 12.1 Å². The van der Waals surface area contributed by atoms with Crippen LogP contribution >= 0.6 is 0 Å². The number of hydrogen-bond acceptors (Lipinski definition) is 2. The zero-order valence-electron chi connectivity index (χ0n) is 17.0. The lowest BCUT2D eigenvalue weighted by atomic mass is 9.66. The van der Waals surface area contributed by atoms with E-state index in [9.17, 15) is 5.11 Å². The lowest BCUT2D eigenvalue weighted by Gasteiger charge is -2.46. The Balaban J connectivity index is 1.72. The molecule has 27 heavy (non-hydrogen) atoms. The summed E-state index contributed by atoms with van der Waals surface area (Å²) in [4.78, 5) is 0. The quantitative estimate of drug-likeness (QED) is 0.724. The summed E-state index contributed by atoms with van der Waals surface area (Å²) in [5, 5.41) is 12.3. The molecule has 2 aromatic carbocycles. The molecule has 1 heterocycles. The van der Waals surface area contributed by atoms with E-state index in [2.05, 4.69) is 50.4 Å². The van der Waals surface area contributed by atoms with Crippen LogP contribution in [0.1, 0.15) is 56.2 Å². The fourth-order valence-corrected chi connectivity index (χ4v) is 4.41. The molecule has 0 amide bonds. The van der Waals surface area contributed by atoms with E-state index in [1.807, 2.05) is 18.2 Å². The van der Waals surface area contributed by atoms with Crippen molar-refractivity contribution < 1.29 is 15.2 Å². The number of nitrogens with two attached hydrogens (primary N) is 1. The summed E-state index contributed by atoms with van der Waals surface area (Å²) in [7, 11) is 0. The van der Waals surface area contributed by atoms with Gasteiger partial charge in [-0.25, -0.2) is 0 Å². The Hall–Kier alpha value is -1.84. The van der Waals surface area contributed by atoms with Gasteiger partial charge in [0.2, 0.25) is 0 Å². The fourth-order valence-electron chi connectivity index (χ4n) is 4.41. The molecule has 3 heteroatoms. The Labute approximate surface area is 163 Å². The standard InChI is InChI=1S/C24H33NO2/c1-4-23(3)18-24(14-16-27-23,21-11-9-19(2)10-12-21)13-15-25-17-20-7-5-6-8-22(20)26/h5-12,25-26H,4,13-18H2,1-3H3/p+1/t23-,24+/m1/s1. The molecule has 1 fully saturated rings. The largest absolute Gasteiger partial charge is 0.507 e. The minimum atomic E-state index is -0.0408. The number of ether oxygens (including phenoxy) is 1. The average Bonchev–Trinajstić information content (AvgIpc) is 2.67. The number of quaternary nitrogens is 1. The number of hydrogen-bond donors (Lipinski definition) is 2. The van der Waals surface area contributed by atoms with Gasteiger partial charge < -0.3 is 15.2 Å². The van der Waals surface area contributed by atoms with E-state index in [4.69, 9.17) is 4.74 Å². The third-order valence-corrected chi connectivity index (χ3v) is 6.34. The van der Waals surface area contributed by atoms with E-state index in [0.717, 1.165) is 50.9 Å². The molecule has 2 aromatic rings. The van der Waals surface area contributed by atoms with Crippen LogP contribution < -0.4 is 5.32 Å². The molecule has 3 rings (SSSR count). The highest BCUT2D eigenvalue weighted by atomic mass is 16.5. The van der Waals surface area contributed by atoms with Crippen molar-refractivity contribution in [1.29, 1.82) is 0 Å². The maximum atomic E-state index is 9.98. The average molecular weight is 369 g/mol. The van der Waals surface area contributed by atoms with Crippen LogP contribution in [0.4, 0.5) is 0 Å². The van der Waals surface area contributed by atoms with Gasteiger partial charge in [0.15, 0.2) is 0 Å². The van der Waals surface area contributed by atoms with Crippen LogP contribution in [0.5, 0.6) is 5.75 Å². The predicted octanol–water partition coefficient (Wildman–Crippen LogP) is 4.07. The SMILES string of the molecule is CC[C@]1(C)C[C@@](CC[NH2+]Cc2ccccc2O)(c2ccc(C)cc2)CCO1. The van der Waals surface area contributed by atoms with Crippen molar-refractivity contribution in [2.24, 2.45) is 0 Å². The van der Waals surface area contributed by atoms with Gasteiger partial charge in [0, 0.05) is 24.0 Å². The second kappa shape index (κ2) is 8.45. The second-order valence-electron chi connectivity index (χ2n) is 8.39. The van der Waals surface area contributed by atoms with Gasteiger partial charge in [-0.15, -0.1) is 0 Å². The Kier molecular flexibility index (Phi) is 6.23. The van der Waals surface area contributed by atoms with Crippen molar-refractivity contribution in [3.05, 3.63) is 65.2 Å². The normalized spacial score (nSPS) is 25.4. The van der Waals surface area contributed by atoms with Crippen molar-refractivity contribution in [2.75, 3.05) is 13.2 Å². The maximum Gasteiger partial charge on any atom is 0.124 e. The van der Waals surface area contributed by atoms with Crippen molar-refractivity contribution in [3.63, 3.8) is 0 Å². The molecule has 1 aliphatic heterocycles. The highest BCUT2D eigenvalue weighted by molar-refractivity contribution is 5.31. The number of rotatable bonds is 7. The van der Waals surface area contributed by atoms with Gasteiger partial charge in [0.25, 0.3) is 0 Å². The summed E-state index contributed by atoms with van der Waals surface area (Å²) >= 11 is 0. The first kappa shape index (κ1) is 19.9. The van der Waals surface area contributed by atoms with Crippen LogP contribution in [0.25, 0.3) is 0 Å². The molecule has 0 aromatic heterocycles. The van der Waals surface area contributed by atoms with E-state index < -0.39 is 0 Å². The van der Waals surface area contributed by atoms with Crippen LogP contribution in [0.2, 0.25) is 0 Å². The number of phenolic OH excluding ortho intramolecular Hbond substituents is 1. The van der Waals surface area contributed by atoms with E-state index in [1.54, 1.807) is 6.07 Å². The smallest absolute Gasteiger partial charge is 0.124 e. The van der Waals surface area contributed by atoms with Crippen LogP contribution in [-0.4, -0.2) is 23.9 Å². The molecule has 1 saturated heterocycles. The first-order chi connectivity index (χ1) is 13.0. The van der Waals surface area contributed by atoms with E-state index in [1.165, 1.54) is 11.1 Å². The highest BCUT2D eigenvalue weighted by Gasteiger charge is 2.43. The lowest BCUT2D eigenvalue weighted by Crippen LogP contribution is -2.83. The van der Waals surface area contributed by atoms with Crippen molar-refractivity contribution in [3.8, 4) is 5.75 Å². The van der Waals surface area contributed by atoms with Gasteiger partial charge in [-0.05, 0) is 50.8 Å². The third kappa shape index (κ3) is 4.72. The minimum Gasteiger partial charge on any atom is -0.507 e. The lowest BCUT2D eigenvalue weighted by molar-refractivity contribution is -0.672. The molecular formula is C24H34NO2+. The topological polar surface area (TPSA) is 46.1 Å². The monoisotopic (exact) mass is 368 g/mol. The molecule has 3 N–H and O–H groups in total. The van der Waals surface area contributed by atoms with Crippen molar-refractivity contribution >= 4 is 0 Å². The molecule has 0 saturated carbocycles. The summed E-state index contributed by atoms with van der Waals surface area (Å²) < 4.78 is 6.16. The molecule has 3 nitrogen and oxygen atoms in total.